The van der Waals surface area contributed by atoms with Crippen molar-refractivity contribution in [2.75, 3.05) is 0 Å². The molecular formula is C70H49N5. The lowest BCUT2D eigenvalue weighted by Crippen LogP contribution is -2.01. The molecule has 0 aliphatic rings. The molecule has 5 nitrogen and oxygen atoms in total. The van der Waals surface area contributed by atoms with Crippen LogP contribution in [0, 0.1) is 0 Å². The van der Waals surface area contributed by atoms with Crippen LogP contribution in [0.2, 0.25) is 0 Å². The van der Waals surface area contributed by atoms with Gasteiger partial charge in [0.15, 0.2) is 0 Å². The molecule has 13 rings (SSSR count). The number of nitrogens with zero attached hydrogens (tertiary/aromatic N) is 5. The molecule has 5 aromatic heterocycles. The minimum absolute atomic E-state index is 0.857. The predicted molar refractivity (Wildman–Crippen MR) is 314 cm³/mol. The van der Waals surface area contributed by atoms with Gasteiger partial charge in [-0.15, -0.1) is 0 Å². The van der Waals surface area contributed by atoms with Gasteiger partial charge in [-0.05, 0) is 166 Å². The minimum Gasteiger partial charge on any atom is -0.309 e. The van der Waals surface area contributed by atoms with Crippen LogP contribution in [0.25, 0.3) is 128 Å². The van der Waals surface area contributed by atoms with E-state index in [0.29, 0.717) is 0 Å². The van der Waals surface area contributed by atoms with Gasteiger partial charge in [0.2, 0.25) is 0 Å². The van der Waals surface area contributed by atoms with Crippen LogP contribution in [0.5, 0.6) is 0 Å². The third-order valence-electron chi connectivity index (χ3n) is 14.4. The fourth-order valence-electron chi connectivity index (χ4n) is 10.8. The molecule has 0 spiro atoms. The summed E-state index contributed by atoms with van der Waals surface area (Å²) in [5.41, 5.74) is 21.6. The Labute approximate surface area is 436 Å². The molecule has 0 unspecified atom stereocenters. The van der Waals surface area contributed by atoms with E-state index in [2.05, 4.69) is 239 Å². The van der Waals surface area contributed by atoms with Crippen molar-refractivity contribution in [3.63, 3.8) is 0 Å². The van der Waals surface area contributed by atoms with E-state index in [4.69, 9.17) is 4.98 Å². The highest BCUT2D eigenvalue weighted by Gasteiger charge is 2.21. The number of rotatable bonds is 11. The van der Waals surface area contributed by atoms with Crippen molar-refractivity contribution in [1.82, 2.24) is 24.1 Å². The lowest BCUT2D eigenvalue weighted by Gasteiger charge is -2.17. The molecule has 0 radical (unpaired) electrons. The topological polar surface area (TPSA) is 48.5 Å². The second-order valence-electron chi connectivity index (χ2n) is 18.9. The van der Waals surface area contributed by atoms with Gasteiger partial charge in [-0.3, -0.25) is 9.97 Å². The van der Waals surface area contributed by atoms with E-state index in [-0.39, 0.29) is 0 Å². The fraction of sp³-hybridized carbons (Fsp3) is 0.0143. The van der Waals surface area contributed by atoms with Gasteiger partial charge < -0.3 is 9.13 Å². The quantitative estimate of drug-likeness (QED) is 0.121. The zero-order valence-electron chi connectivity index (χ0n) is 41.3. The van der Waals surface area contributed by atoms with Crippen LogP contribution in [-0.2, 0) is 0 Å². The summed E-state index contributed by atoms with van der Waals surface area (Å²) < 4.78 is 4.91. The first-order valence-corrected chi connectivity index (χ1v) is 25.4. The van der Waals surface area contributed by atoms with Crippen LogP contribution >= 0.6 is 0 Å². The molecule has 0 aliphatic carbocycles. The zero-order chi connectivity index (χ0) is 50.2. The molecule has 0 atom stereocenters. The van der Waals surface area contributed by atoms with Crippen molar-refractivity contribution < 1.29 is 0 Å². The number of allylic oxidation sites excluding steroid dienone is 5. The van der Waals surface area contributed by atoms with Crippen molar-refractivity contribution in [2.24, 2.45) is 0 Å². The van der Waals surface area contributed by atoms with E-state index >= 15 is 0 Å². The third kappa shape index (κ3) is 8.32. The summed E-state index contributed by atoms with van der Waals surface area (Å²) >= 11 is 0. The highest BCUT2D eigenvalue weighted by molar-refractivity contribution is 6.13. The maximum Gasteiger partial charge on any atom is 0.0716 e. The van der Waals surface area contributed by atoms with Gasteiger partial charge in [0.05, 0.1) is 33.5 Å². The number of benzene rings is 8. The first-order chi connectivity index (χ1) is 37.1. The number of fused-ring (bicyclic) bond motifs is 6. The summed E-state index contributed by atoms with van der Waals surface area (Å²) in [4.78, 5) is 14.0. The van der Waals surface area contributed by atoms with E-state index in [1.54, 1.807) is 0 Å². The number of hydrogen-bond donors (Lipinski definition) is 0. The molecule has 0 amide bonds. The van der Waals surface area contributed by atoms with Crippen molar-refractivity contribution >= 4 is 49.2 Å². The van der Waals surface area contributed by atoms with Gasteiger partial charge in [0.25, 0.3) is 0 Å². The van der Waals surface area contributed by atoms with Gasteiger partial charge in [0.1, 0.15) is 0 Å². The SMILES string of the molecule is C=C/C=C\C(=C/C)c1ccc2c(c1)c1cc(-c3ccccc3)ccc1n2-c1cc(-c2cc(-c3ccncc3)nc(-c3ccncc3)c2)cc(-n2c3ccc(-c4ccccc4)cc3c3cc(-c4ccccc4)ccc32)c1. The molecular weight excluding hydrogens is 911 g/mol. The van der Waals surface area contributed by atoms with Crippen LogP contribution in [0.4, 0.5) is 0 Å². The Morgan fingerprint density at radius 3 is 1.19 bits per heavy atom. The Hall–Kier alpha value is -9.97. The average molecular weight is 960 g/mol. The van der Waals surface area contributed by atoms with Crippen LogP contribution in [0.3, 0.4) is 0 Å². The smallest absolute Gasteiger partial charge is 0.0716 e. The van der Waals surface area contributed by atoms with Gasteiger partial charge in [-0.1, -0.05) is 146 Å². The molecule has 0 N–H and O–H groups in total. The molecule has 13 aromatic rings. The highest BCUT2D eigenvalue weighted by atomic mass is 15.0. The van der Waals surface area contributed by atoms with Crippen LogP contribution in [0.1, 0.15) is 12.5 Å². The van der Waals surface area contributed by atoms with E-state index in [0.717, 1.165) is 78.2 Å². The molecule has 0 aliphatic heterocycles. The Morgan fingerprint density at radius 2 is 0.773 bits per heavy atom. The van der Waals surface area contributed by atoms with Crippen molar-refractivity contribution in [1.29, 1.82) is 0 Å². The minimum atomic E-state index is 0.857. The lowest BCUT2D eigenvalue weighted by molar-refractivity contribution is 1.13. The molecule has 8 aromatic carbocycles. The molecule has 0 fully saturated rings. The summed E-state index contributed by atoms with van der Waals surface area (Å²) in [5.74, 6) is 0. The monoisotopic (exact) mass is 959 g/mol. The molecule has 0 saturated carbocycles. The third-order valence-corrected chi connectivity index (χ3v) is 14.4. The Kier molecular flexibility index (Phi) is 11.5. The standard InChI is InChI=1S/C70H49N5/c1-3-5-15-47(4-2)53-22-26-67-61(40-53)62-41-54(48-16-9-6-10-17-48)23-27-68(62)74(67)59-38-57(58-44-65(51-30-34-71-35-31-51)73-66(45-58)52-32-36-72-37-33-52)39-60(46-59)75-69-28-24-55(49-18-11-7-12-19-49)42-63(69)64-43-56(25-29-70(64)75)50-20-13-8-14-21-50/h3-46H,1H2,2H3/b15-5-,47-4+. The van der Waals surface area contributed by atoms with Gasteiger partial charge in [0, 0.05) is 68.8 Å². The number of pyridine rings is 3. The van der Waals surface area contributed by atoms with Gasteiger partial charge >= 0.3 is 0 Å². The van der Waals surface area contributed by atoms with E-state index in [1.165, 1.54) is 54.9 Å². The van der Waals surface area contributed by atoms with E-state index in [1.807, 2.05) is 61.2 Å². The molecule has 75 heavy (non-hydrogen) atoms. The summed E-state index contributed by atoms with van der Waals surface area (Å²) in [6, 6.07) is 79.3. The highest BCUT2D eigenvalue weighted by Crippen LogP contribution is 2.42. The summed E-state index contributed by atoms with van der Waals surface area (Å²) in [7, 11) is 0. The van der Waals surface area contributed by atoms with Crippen LogP contribution < -0.4 is 0 Å². The Balaban J connectivity index is 1.12. The first kappa shape index (κ1) is 44.9. The number of aromatic nitrogens is 5. The second-order valence-corrected chi connectivity index (χ2v) is 18.9. The summed E-state index contributed by atoms with van der Waals surface area (Å²) in [6.45, 7) is 6.05. The van der Waals surface area contributed by atoms with Crippen LogP contribution in [-0.4, -0.2) is 24.1 Å². The van der Waals surface area contributed by atoms with Crippen molar-refractivity contribution in [2.45, 2.75) is 6.92 Å². The average Bonchev–Trinajstić information content (AvgIpc) is 4.00. The fourth-order valence-corrected chi connectivity index (χ4v) is 10.8. The predicted octanol–water partition coefficient (Wildman–Crippen LogP) is 18.2. The van der Waals surface area contributed by atoms with Gasteiger partial charge in [-0.2, -0.15) is 0 Å². The maximum absolute atomic E-state index is 5.27. The van der Waals surface area contributed by atoms with E-state index in [9.17, 15) is 0 Å². The first-order valence-electron chi connectivity index (χ1n) is 25.4. The van der Waals surface area contributed by atoms with Crippen molar-refractivity contribution in [3.8, 4) is 78.4 Å². The Morgan fingerprint density at radius 1 is 0.373 bits per heavy atom. The Bertz CT molecular complexity index is 4190. The molecule has 354 valence electrons. The van der Waals surface area contributed by atoms with Crippen molar-refractivity contribution in [3.05, 3.63) is 280 Å². The lowest BCUT2D eigenvalue weighted by atomic mass is 9.99. The maximum atomic E-state index is 5.27. The largest absolute Gasteiger partial charge is 0.309 e. The number of hydrogen-bond acceptors (Lipinski definition) is 3. The van der Waals surface area contributed by atoms with Gasteiger partial charge in [-0.25, -0.2) is 4.98 Å². The molecule has 0 saturated heterocycles. The van der Waals surface area contributed by atoms with Crippen LogP contribution in [0.15, 0.2) is 274 Å². The molecule has 5 heterocycles. The van der Waals surface area contributed by atoms with E-state index < -0.39 is 0 Å². The molecule has 5 heteroatoms. The summed E-state index contributed by atoms with van der Waals surface area (Å²) in [6.07, 6.45) is 15.4. The molecule has 0 bridgehead atoms. The second kappa shape index (κ2) is 19.2. The zero-order valence-corrected chi connectivity index (χ0v) is 41.3. The summed E-state index contributed by atoms with van der Waals surface area (Å²) in [5, 5.41) is 4.71. The normalized spacial score (nSPS) is 11.9.